The minimum atomic E-state index is -0.154. The molecule has 3 aromatic rings. The molecule has 0 aliphatic heterocycles. The lowest BCUT2D eigenvalue weighted by molar-refractivity contribution is -0.111. The number of fused-ring (bicyclic) bond motifs is 1. The van der Waals surface area contributed by atoms with Crippen molar-refractivity contribution in [3.63, 3.8) is 0 Å². The Morgan fingerprint density at radius 3 is 3.05 bits per heavy atom. The van der Waals surface area contributed by atoms with Crippen molar-refractivity contribution in [1.29, 1.82) is 0 Å². The second kappa shape index (κ2) is 5.42. The SMILES string of the molecule is O=C(C=Cc1cccs1)Nc1ccc2oc(C3CC3)nc2c1. The second-order valence-electron chi connectivity index (χ2n) is 5.35. The first kappa shape index (κ1) is 13.3. The van der Waals surface area contributed by atoms with E-state index in [1.54, 1.807) is 17.4 Å². The number of aromatic nitrogens is 1. The summed E-state index contributed by atoms with van der Waals surface area (Å²) in [5, 5.41) is 4.83. The van der Waals surface area contributed by atoms with Gasteiger partial charge in [-0.25, -0.2) is 4.98 Å². The molecule has 1 amide bonds. The van der Waals surface area contributed by atoms with E-state index in [4.69, 9.17) is 4.42 Å². The molecule has 110 valence electrons. The topological polar surface area (TPSA) is 55.1 Å². The van der Waals surface area contributed by atoms with Crippen molar-refractivity contribution in [3.05, 3.63) is 52.6 Å². The average molecular weight is 310 g/mol. The zero-order chi connectivity index (χ0) is 14.9. The number of hydrogen-bond acceptors (Lipinski definition) is 4. The zero-order valence-corrected chi connectivity index (χ0v) is 12.6. The first-order chi connectivity index (χ1) is 10.8. The number of oxazole rings is 1. The van der Waals surface area contributed by atoms with Gasteiger partial charge in [-0.2, -0.15) is 0 Å². The quantitative estimate of drug-likeness (QED) is 0.726. The maximum atomic E-state index is 11.9. The number of carbonyl (C=O) groups excluding carboxylic acids is 1. The highest BCUT2D eigenvalue weighted by Crippen LogP contribution is 2.40. The number of anilines is 1. The van der Waals surface area contributed by atoms with Gasteiger partial charge < -0.3 is 9.73 Å². The van der Waals surface area contributed by atoms with Gasteiger partial charge in [0.1, 0.15) is 5.52 Å². The third-order valence-electron chi connectivity index (χ3n) is 3.54. The molecule has 1 aliphatic rings. The van der Waals surface area contributed by atoms with Crippen LogP contribution in [0.25, 0.3) is 17.2 Å². The molecule has 0 spiro atoms. The number of rotatable bonds is 4. The number of carbonyl (C=O) groups is 1. The molecule has 1 saturated carbocycles. The molecular formula is C17H14N2O2S. The predicted octanol–water partition coefficient (Wildman–Crippen LogP) is 4.42. The lowest BCUT2D eigenvalue weighted by Gasteiger charge is -2.00. The first-order valence-electron chi connectivity index (χ1n) is 7.21. The maximum absolute atomic E-state index is 11.9. The zero-order valence-electron chi connectivity index (χ0n) is 11.8. The van der Waals surface area contributed by atoms with Crippen LogP contribution in [0.5, 0.6) is 0 Å². The lowest BCUT2D eigenvalue weighted by Crippen LogP contribution is -2.07. The fourth-order valence-corrected chi connectivity index (χ4v) is 2.87. The van der Waals surface area contributed by atoms with Gasteiger partial charge in [0.05, 0.1) is 0 Å². The van der Waals surface area contributed by atoms with E-state index in [0.29, 0.717) is 5.92 Å². The summed E-state index contributed by atoms with van der Waals surface area (Å²) in [7, 11) is 0. The monoisotopic (exact) mass is 310 g/mol. The summed E-state index contributed by atoms with van der Waals surface area (Å²) in [6.07, 6.45) is 5.65. The molecule has 4 rings (SSSR count). The van der Waals surface area contributed by atoms with Crippen molar-refractivity contribution in [2.75, 3.05) is 5.32 Å². The van der Waals surface area contributed by atoms with Gasteiger partial charge in [-0.1, -0.05) is 6.07 Å². The van der Waals surface area contributed by atoms with E-state index in [1.807, 2.05) is 35.7 Å². The minimum Gasteiger partial charge on any atom is -0.440 e. The Morgan fingerprint density at radius 1 is 1.36 bits per heavy atom. The van der Waals surface area contributed by atoms with Gasteiger partial charge in [0.15, 0.2) is 11.5 Å². The van der Waals surface area contributed by atoms with Crippen molar-refractivity contribution in [3.8, 4) is 0 Å². The van der Waals surface area contributed by atoms with Crippen LogP contribution in [0.2, 0.25) is 0 Å². The van der Waals surface area contributed by atoms with E-state index in [-0.39, 0.29) is 5.91 Å². The second-order valence-corrected chi connectivity index (χ2v) is 6.33. The van der Waals surface area contributed by atoms with Crippen molar-refractivity contribution in [2.24, 2.45) is 0 Å². The molecule has 4 nitrogen and oxygen atoms in total. The first-order valence-corrected chi connectivity index (χ1v) is 8.09. The van der Waals surface area contributed by atoms with Crippen LogP contribution in [-0.2, 0) is 4.79 Å². The number of nitrogens with zero attached hydrogens (tertiary/aromatic N) is 1. The molecule has 0 unspecified atom stereocenters. The number of thiophene rings is 1. The number of hydrogen-bond donors (Lipinski definition) is 1. The van der Waals surface area contributed by atoms with Crippen molar-refractivity contribution < 1.29 is 9.21 Å². The predicted molar refractivity (Wildman–Crippen MR) is 88.0 cm³/mol. The van der Waals surface area contributed by atoms with Crippen molar-refractivity contribution in [1.82, 2.24) is 4.98 Å². The summed E-state index contributed by atoms with van der Waals surface area (Å²) in [4.78, 5) is 17.5. The van der Waals surface area contributed by atoms with Crippen LogP contribution in [-0.4, -0.2) is 10.9 Å². The fraction of sp³-hybridized carbons (Fsp3) is 0.176. The average Bonchev–Trinajstić information content (AvgIpc) is 3.08. The molecule has 22 heavy (non-hydrogen) atoms. The van der Waals surface area contributed by atoms with Crippen LogP contribution in [0.15, 0.2) is 46.2 Å². The van der Waals surface area contributed by atoms with E-state index >= 15 is 0 Å². The Morgan fingerprint density at radius 2 is 2.27 bits per heavy atom. The Bertz CT molecular complexity index is 845. The van der Waals surface area contributed by atoms with Crippen LogP contribution < -0.4 is 5.32 Å². The third kappa shape index (κ3) is 2.80. The molecule has 2 aromatic heterocycles. The van der Waals surface area contributed by atoms with Gasteiger partial charge in [-0.05, 0) is 48.6 Å². The van der Waals surface area contributed by atoms with E-state index in [9.17, 15) is 4.79 Å². The molecule has 0 saturated heterocycles. The van der Waals surface area contributed by atoms with Gasteiger partial charge in [0, 0.05) is 22.6 Å². The molecule has 2 heterocycles. The normalized spacial score (nSPS) is 14.7. The van der Waals surface area contributed by atoms with E-state index in [0.717, 1.165) is 40.4 Å². The Labute approximate surface area is 131 Å². The molecular weight excluding hydrogens is 296 g/mol. The molecule has 1 aliphatic carbocycles. The summed E-state index contributed by atoms with van der Waals surface area (Å²) >= 11 is 1.60. The van der Waals surface area contributed by atoms with Gasteiger partial charge in [-0.15, -0.1) is 11.3 Å². The minimum absolute atomic E-state index is 0.154. The van der Waals surface area contributed by atoms with Crippen molar-refractivity contribution >= 4 is 40.1 Å². The highest BCUT2D eigenvalue weighted by Gasteiger charge is 2.28. The molecule has 0 radical (unpaired) electrons. The van der Waals surface area contributed by atoms with Gasteiger partial charge in [0.2, 0.25) is 5.91 Å². The highest BCUT2D eigenvalue weighted by atomic mass is 32.1. The van der Waals surface area contributed by atoms with Crippen LogP contribution in [0, 0.1) is 0 Å². The Kier molecular flexibility index (Phi) is 3.27. The molecule has 1 N–H and O–H groups in total. The number of amides is 1. The summed E-state index contributed by atoms with van der Waals surface area (Å²) in [6, 6.07) is 9.46. The molecule has 0 bridgehead atoms. The van der Waals surface area contributed by atoms with E-state index in [1.165, 1.54) is 6.08 Å². The van der Waals surface area contributed by atoms with Gasteiger partial charge >= 0.3 is 0 Å². The van der Waals surface area contributed by atoms with Crippen molar-refractivity contribution in [2.45, 2.75) is 18.8 Å². The smallest absolute Gasteiger partial charge is 0.248 e. The van der Waals surface area contributed by atoms with Gasteiger partial charge in [-0.3, -0.25) is 4.79 Å². The molecule has 5 heteroatoms. The van der Waals surface area contributed by atoms with Crippen LogP contribution in [0.1, 0.15) is 29.5 Å². The lowest BCUT2D eigenvalue weighted by atomic mass is 10.3. The summed E-state index contributed by atoms with van der Waals surface area (Å²) in [6.45, 7) is 0. The van der Waals surface area contributed by atoms with Crippen LogP contribution in [0.4, 0.5) is 5.69 Å². The Hall–Kier alpha value is -2.40. The largest absolute Gasteiger partial charge is 0.440 e. The van der Waals surface area contributed by atoms with E-state index in [2.05, 4.69) is 10.3 Å². The highest BCUT2D eigenvalue weighted by molar-refractivity contribution is 7.10. The molecule has 1 aromatic carbocycles. The maximum Gasteiger partial charge on any atom is 0.248 e. The standard InChI is InChI=1S/C17H14N2O2S/c20-16(8-6-13-2-1-9-22-13)18-12-5-7-15-14(10-12)19-17(21-15)11-3-4-11/h1-2,5-11H,3-4H2,(H,18,20). The van der Waals surface area contributed by atoms with Gasteiger partial charge in [0.25, 0.3) is 0 Å². The number of nitrogens with one attached hydrogen (secondary N) is 1. The third-order valence-corrected chi connectivity index (χ3v) is 4.38. The summed E-state index contributed by atoms with van der Waals surface area (Å²) < 4.78 is 5.71. The molecule has 1 fully saturated rings. The summed E-state index contributed by atoms with van der Waals surface area (Å²) in [5.74, 6) is 1.15. The van der Waals surface area contributed by atoms with Crippen LogP contribution in [0.3, 0.4) is 0 Å². The van der Waals surface area contributed by atoms with Crippen LogP contribution >= 0.6 is 11.3 Å². The molecule has 0 atom stereocenters. The summed E-state index contributed by atoms with van der Waals surface area (Å²) in [5.41, 5.74) is 2.29. The fourth-order valence-electron chi connectivity index (χ4n) is 2.26. The Balaban J connectivity index is 1.49. The number of benzene rings is 1. The van der Waals surface area contributed by atoms with E-state index < -0.39 is 0 Å².